The summed E-state index contributed by atoms with van der Waals surface area (Å²) >= 11 is 0. The van der Waals surface area contributed by atoms with Gasteiger partial charge in [0, 0.05) is 13.2 Å². The fourth-order valence-electron chi connectivity index (χ4n) is 1.22. The number of carbonyl (C=O) groups excluding carboxylic acids is 1. The zero-order valence-corrected chi connectivity index (χ0v) is 10.2. The van der Waals surface area contributed by atoms with E-state index in [0.29, 0.717) is 19.4 Å². The molecule has 0 aromatic heterocycles. The van der Waals surface area contributed by atoms with Gasteiger partial charge in [-0.25, -0.2) is 0 Å². The van der Waals surface area contributed by atoms with Gasteiger partial charge in [-0.15, -0.1) is 0 Å². The van der Waals surface area contributed by atoms with E-state index in [2.05, 4.69) is 5.32 Å². The van der Waals surface area contributed by atoms with Crippen molar-refractivity contribution in [2.24, 2.45) is 0 Å². The maximum atomic E-state index is 11.5. The van der Waals surface area contributed by atoms with E-state index in [4.69, 9.17) is 4.74 Å². The van der Waals surface area contributed by atoms with Crippen molar-refractivity contribution in [2.45, 2.75) is 52.2 Å². The van der Waals surface area contributed by atoms with Crippen LogP contribution in [0.15, 0.2) is 0 Å². The standard InChI is InChI=1S/C11H23NO3/c1-5-11(14,6-2)8-12-10(13)9(4)15-7-3/h9,14H,5-8H2,1-4H3,(H,12,13). The number of amides is 1. The molecule has 0 heterocycles. The van der Waals surface area contributed by atoms with Crippen LogP contribution in [0.25, 0.3) is 0 Å². The van der Waals surface area contributed by atoms with Crippen LogP contribution in [0, 0.1) is 0 Å². The smallest absolute Gasteiger partial charge is 0.248 e. The maximum absolute atomic E-state index is 11.5. The Balaban J connectivity index is 3.98. The average molecular weight is 217 g/mol. The number of hydrogen-bond donors (Lipinski definition) is 2. The highest BCUT2D eigenvalue weighted by atomic mass is 16.5. The summed E-state index contributed by atoms with van der Waals surface area (Å²) in [5, 5.41) is 12.6. The lowest BCUT2D eigenvalue weighted by Gasteiger charge is -2.26. The van der Waals surface area contributed by atoms with E-state index in [-0.39, 0.29) is 12.5 Å². The van der Waals surface area contributed by atoms with Gasteiger partial charge in [-0.3, -0.25) is 4.79 Å². The number of ether oxygens (including phenoxy) is 1. The summed E-state index contributed by atoms with van der Waals surface area (Å²) in [6, 6.07) is 0. The molecule has 1 unspecified atom stereocenters. The van der Waals surface area contributed by atoms with E-state index in [1.165, 1.54) is 0 Å². The Morgan fingerprint density at radius 3 is 2.33 bits per heavy atom. The molecule has 0 aliphatic carbocycles. The van der Waals surface area contributed by atoms with Gasteiger partial charge in [0.2, 0.25) is 5.91 Å². The molecule has 4 heteroatoms. The van der Waals surface area contributed by atoms with Crippen LogP contribution >= 0.6 is 0 Å². The molecule has 1 atom stereocenters. The maximum Gasteiger partial charge on any atom is 0.248 e. The molecule has 0 bridgehead atoms. The van der Waals surface area contributed by atoms with Gasteiger partial charge in [0.05, 0.1) is 5.60 Å². The lowest BCUT2D eigenvalue weighted by atomic mass is 9.97. The first-order valence-electron chi connectivity index (χ1n) is 5.60. The van der Waals surface area contributed by atoms with Crippen molar-refractivity contribution in [3.8, 4) is 0 Å². The molecule has 0 rings (SSSR count). The van der Waals surface area contributed by atoms with Gasteiger partial charge in [-0.2, -0.15) is 0 Å². The second kappa shape index (κ2) is 6.80. The molecule has 0 radical (unpaired) electrons. The number of aliphatic hydroxyl groups is 1. The Kier molecular flexibility index (Phi) is 6.52. The van der Waals surface area contributed by atoms with Crippen LogP contribution in [0.3, 0.4) is 0 Å². The van der Waals surface area contributed by atoms with Crippen LogP contribution in [0.5, 0.6) is 0 Å². The number of nitrogens with one attached hydrogen (secondary N) is 1. The Bertz CT molecular complexity index is 190. The molecule has 0 aliphatic heterocycles. The molecular formula is C11H23NO3. The summed E-state index contributed by atoms with van der Waals surface area (Å²) in [6.07, 6.45) is 0.813. The van der Waals surface area contributed by atoms with Gasteiger partial charge >= 0.3 is 0 Å². The summed E-state index contributed by atoms with van der Waals surface area (Å²) in [7, 11) is 0. The molecule has 90 valence electrons. The molecular weight excluding hydrogens is 194 g/mol. The van der Waals surface area contributed by atoms with Crippen LogP contribution in [-0.4, -0.2) is 35.9 Å². The Hall–Kier alpha value is -0.610. The molecule has 0 saturated heterocycles. The molecule has 0 aromatic carbocycles. The molecule has 2 N–H and O–H groups in total. The van der Waals surface area contributed by atoms with Crippen molar-refractivity contribution in [3.63, 3.8) is 0 Å². The van der Waals surface area contributed by atoms with Crippen LogP contribution in [0.2, 0.25) is 0 Å². The third kappa shape index (κ3) is 5.14. The SMILES string of the molecule is CCOC(C)C(=O)NCC(O)(CC)CC. The summed E-state index contributed by atoms with van der Waals surface area (Å²) in [5.41, 5.74) is -0.790. The van der Waals surface area contributed by atoms with E-state index in [1.807, 2.05) is 20.8 Å². The molecule has 15 heavy (non-hydrogen) atoms. The summed E-state index contributed by atoms with van der Waals surface area (Å²) in [5.74, 6) is -0.169. The fourth-order valence-corrected chi connectivity index (χ4v) is 1.22. The normalized spacial score (nSPS) is 13.7. The minimum atomic E-state index is -0.790. The molecule has 4 nitrogen and oxygen atoms in total. The van der Waals surface area contributed by atoms with Gasteiger partial charge in [0.1, 0.15) is 6.10 Å². The molecule has 0 spiro atoms. The van der Waals surface area contributed by atoms with E-state index in [9.17, 15) is 9.90 Å². The summed E-state index contributed by atoms with van der Waals surface area (Å²) < 4.78 is 5.14. The third-order valence-corrected chi connectivity index (χ3v) is 2.69. The van der Waals surface area contributed by atoms with Gasteiger partial charge in [0.15, 0.2) is 0 Å². The van der Waals surface area contributed by atoms with Crippen LogP contribution in [-0.2, 0) is 9.53 Å². The van der Waals surface area contributed by atoms with Crippen molar-refractivity contribution in [1.29, 1.82) is 0 Å². The van der Waals surface area contributed by atoms with E-state index < -0.39 is 11.7 Å². The molecule has 1 amide bonds. The monoisotopic (exact) mass is 217 g/mol. The van der Waals surface area contributed by atoms with Gasteiger partial charge < -0.3 is 15.2 Å². The zero-order chi connectivity index (χ0) is 11.9. The second-order valence-electron chi connectivity index (χ2n) is 3.75. The van der Waals surface area contributed by atoms with Crippen LogP contribution < -0.4 is 5.32 Å². The second-order valence-corrected chi connectivity index (χ2v) is 3.75. The minimum Gasteiger partial charge on any atom is -0.388 e. The first-order valence-corrected chi connectivity index (χ1v) is 5.60. The van der Waals surface area contributed by atoms with Crippen LogP contribution in [0.4, 0.5) is 0 Å². The Morgan fingerprint density at radius 2 is 1.93 bits per heavy atom. The Labute approximate surface area is 92.0 Å². The van der Waals surface area contributed by atoms with Crippen LogP contribution in [0.1, 0.15) is 40.5 Å². The van der Waals surface area contributed by atoms with Crippen molar-refractivity contribution in [2.75, 3.05) is 13.2 Å². The highest BCUT2D eigenvalue weighted by molar-refractivity contribution is 5.80. The molecule has 0 fully saturated rings. The minimum absolute atomic E-state index is 0.169. The van der Waals surface area contributed by atoms with Gasteiger partial charge in [-0.1, -0.05) is 13.8 Å². The highest BCUT2D eigenvalue weighted by Crippen LogP contribution is 2.12. The topological polar surface area (TPSA) is 58.6 Å². The van der Waals surface area contributed by atoms with Gasteiger partial charge in [0.25, 0.3) is 0 Å². The van der Waals surface area contributed by atoms with E-state index in [0.717, 1.165) is 0 Å². The highest BCUT2D eigenvalue weighted by Gasteiger charge is 2.24. The molecule has 0 saturated carbocycles. The predicted octanol–water partition coefficient (Wildman–Crippen LogP) is 1.08. The van der Waals surface area contributed by atoms with Crippen molar-refractivity contribution in [3.05, 3.63) is 0 Å². The molecule has 0 aliphatic rings. The quantitative estimate of drug-likeness (QED) is 0.671. The summed E-state index contributed by atoms with van der Waals surface area (Å²) in [4.78, 5) is 11.5. The van der Waals surface area contributed by atoms with Crippen molar-refractivity contribution in [1.82, 2.24) is 5.32 Å². The first kappa shape index (κ1) is 14.4. The van der Waals surface area contributed by atoms with Crippen molar-refractivity contribution >= 4 is 5.91 Å². The zero-order valence-electron chi connectivity index (χ0n) is 10.2. The van der Waals surface area contributed by atoms with E-state index in [1.54, 1.807) is 6.92 Å². The Morgan fingerprint density at radius 1 is 1.40 bits per heavy atom. The molecule has 0 aromatic rings. The number of carbonyl (C=O) groups is 1. The number of hydrogen-bond acceptors (Lipinski definition) is 3. The third-order valence-electron chi connectivity index (χ3n) is 2.69. The largest absolute Gasteiger partial charge is 0.388 e. The first-order chi connectivity index (χ1) is 6.99. The lowest BCUT2D eigenvalue weighted by molar-refractivity contribution is -0.132. The predicted molar refractivity (Wildman–Crippen MR) is 59.6 cm³/mol. The number of rotatable bonds is 7. The van der Waals surface area contributed by atoms with E-state index >= 15 is 0 Å². The lowest BCUT2D eigenvalue weighted by Crippen LogP contribution is -2.45. The van der Waals surface area contributed by atoms with Crippen molar-refractivity contribution < 1.29 is 14.6 Å². The van der Waals surface area contributed by atoms with Gasteiger partial charge in [-0.05, 0) is 26.7 Å². The summed E-state index contributed by atoms with van der Waals surface area (Å²) in [6.45, 7) is 8.16. The average Bonchev–Trinajstić information content (AvgIpc) is 2.25. The fraction of sp³-hybridized carbons (Fsp3) is 0.909.